The smallest absolute Gasteiger partial charge is 0.124 e. The fourth-order valence-electron chi connectivity index (χ4n) is 1.84. The lowest BCUT2D eigenvalue weighted by molar-refractivity contribution is 0.0898. The van der Waals surface area contributed by atoms with Crippen molar-refractivity contribution < 1.29 is 9.84 Å². The fraction of sp³-hybridized carbons (Fsp3) is 0.500. The molecule has 0 aliphatic rings. The zero-order valence-corrected chi connectivity index (χ0v) is 12.9. The van der Waals surface area contributed by atoms with Gasteiger partial charge in [-0.05, 0) is 23.7 Å². The molecule has 4 nitrogen and oxygen atoms in total. The van der Waals surface area contributed by atoms with E-state index in [0.29, 0.717) is 6.73 Å². The molecule has 104 valence electrons. The Morgan fingerprint density at radius 1 is 1.32 bits per heavy atom. The molecule has 0 atom stereocenters. The molecule has 0 aliphatic carbocycles. The van der Waals surface area contributed by atoms with Crippen LogP contribution >= 0.6 is 0 Å². The van der Waals surface area contributed by atoms with Crippen LogP contribution in [0.3, 0.4) is 0 Å². The first-order valence-corrected chi connectivity index (χ1v) is 10.3. The maximum Gasteiger partial charge on any atom is 0.124 e. The SMILES string of the molecule is C[Si](C)(C)CCOCn1cnc2ccc(CO)cc21. The Kier molecular flexibility index (Phi) is 4.39. The van der Waals surface area contributed by atoms with Gasteiger partial charge in [0, 0.05) is 14.7 Å². The zero-order chi connectivity index (χ0) is 13.9. The Labute approximate surface area is 115 Å². The topological polar surface area (TPSA) is 47.3 Å². The van der Waals surface area contributed by atoms with Crippen LogP contribution in [0.2, 0.25) is 25.7 Å². The largest absolute Gasteiger partial charge is 0.392 e. The second-order valence-electron chi connectivity index (χ2n) is 6.04. The molecule has 0 bridgehead atoms. The van der Waals surface area contributed by atoms with Gasteiger partial charge in [-0.2, -0.15) is 0 Å². The number of aliphatic hydroxyl groups excluding tert-OH is 1. The lowest BCUT2D eigenvalue weighted by Gasteiger charge is -2.15. The number of ether oxygens (including phenoxy) is 1. The van der Waals surface area contributed by atoms with Crippen LogP contribution in [0.4, 0.5) is 0 Å². The first-order chi connectivity index (χ1) is 8.99. The van der Waals surface area contributed by atoms with E-state index < -0.39 is 8.07 Å². The van der Waals surface area contributed by atoms with Gasteiger partial charge in [0.25, 0.3) is 0 Å². The second-order valence-corrected chi connectivity index (χ2v) is 11.7. The highest BCUT2D eigenvalue weighted by Crippen LogP contribution is 2.15. The first kappa shape index (κ1) is 14.2. The molecule has 1 aromatic carbocycles. The second kappa shape index (κ2) is 5.86. The molecule has 0 fully saturated rings. The van der Waals surface area contributed by atoms with Crippen molar-refractivity contribution in [1.82, 2.24) is 9.55 Å². The van der Waals surface area contributed by atoms with Crippen LogP contribution in [-0.2, 0) is 18.1 Å². The molecule has 5 heteroatoms. The van der Waals surface area contributed by atoms with Gasteiger partial charge < -0.3 is 14.4 Å². The normalized spacial score (nSPS) is 12.2. The van der Waals surface area contributed by atoms with Crippen molar-refractivity contribution in [1.29, 1.82) is 0 Å². The van der Waals surface area contributed by atoms with Gasteiger partial charge in [0.15, 0.2) is 0 Å². The van der Waals surface area contributed by atoms with Gasteiger partial charge in [-0.1, -0.05) is 25.7 Å². The Bertz CT molecular complexity index is 546. The molecule has 2 aromatic rings. The van der Waals surface area contributed by atoms with Gasteiger partial charge in [0.05, 0.1) is 24.0 Å². The molecule has 1 N–H and O–H groups in total. The highest BCUT2D eigenvalue weighted by Gasteiger charge is 2.12. The minimum atomic E-state index is -1.03. The van der Waals surface area contributed by atoms with E-state index >= 15 is 0 Å². The highest BCUT2D eigenvalue weighted by molar-refractivity contribution is 6.76. The van der Waals surface area contributed by atoms with Gasteiger partial charge in [0.2, 0.25) is 0 Å². The van der Waals surface area contributed by atoms with Crippen molar-refractivity contribution in [2.24, 2.45) is 0 Å². The average Bonchev–Trinajstić information content (AvgIpc) is 2.76. The third-order valence-electron chi connectivity index (χ3n) is 3.09. The molecule has 0 amide bonds. The summed E-state index contributed by atoms with van der Waals surface area (Å²) in [5.41, 5.74) is 2.85. The van der Waals surface area contributed by atoms with E-state index in [1.807, 2.05) is 22.8 Å². The van der Waals surface area contributed by atoms with E-state index in [-0.39, 0.29) is 6.61 Å². The monoisotopic (exact) mass is 278 g/mol. The lowest BCUT2D eigenvalue weighted by atomic mass is 10.2. The van der Waals surface area contributed by atoms with Crippen molar-refractivity contribution in [3.63, 3.8) is 0 Å². The molecular formula is C14H22N2O2Si. The predicted molar refractivity (Wildman–Crippen MR) is 79.8 cm³/mol. The minimum absolute atomic E-state index is 0.0532. The van der Waals surface area contributed by atoms with Crippen molar-refractivity contribution in [2.75, 3.05) is 6.61 Å². The number of rotatable bonds is 6. The summed E-state index contributed by atoms with van der Waals surface area (Å²) in [4.78, 5) is 4.33. The van der Waals surface area contributed by atoms with Crippen LogP contribution < -0.4 is 0 Å². The van der Waals surface area contributed by atoms with Crippen molar-refractivity contribution >= 4 is 19.1 Å². The van der Waals surface area contributed by atoms with Crippen LogP contribution in [0.25, 0.3) is 11.0 Å². The lowest BCUT2D eigenvalue weighted by Crippen LogP contribution is -2.21. The standard InChI is InChI=1S/C14H22N2O2Si/c1-19(2,3)7-6-18-11-16-10-15-13-5-4-12(9-17)8-14(13)16/h4-5,8,10,17H,6-7,9,11H2,1-3H3. The van der Waals surface area contributed by atoms with Crippen molar-refractivity contribution in [3.8, 4) is 0 Å². The maximum atomic E-state index is 9.17. The van der Waals surface area contributed by atoms with E-state index in [4.69, 9.17) is 4.74 Å². The molecule has 0 unspecified atom stereocenters. The van der Waals surface area contributed by atoms with E-state index in [1.54, 1.807) is 6.33 Å². The van der Waals surface area contributed by atoms with Crippen molar-refractivity contribution in [2.45, 2.75) is 39.0 Å². The van der Waals surface area contributed by atoms with Gasteiger partial charge >= 0.3 is 0 Å². The molecule has 2 rings (SSSR count). The zero-order valence-electron chi connectivity index (χ0n) is 11.9. The van der Waals surface area contributed by atoms with E-state index in [2.05, 4.69) is 24.6 Å². The van der Waals surface area contributed by atoms with E-state index in [9.17, 15) is 5.11 Å². The van der Waals surface area contributed by atoms with E-state index in [0.717, 1.165) is 23.2 Å². The molecule has 0 radical (unpaired) electrons. The number of aromatic nitrogens is 2. The molecule has 1 aromatic heterocycles. The summed E-state index contributed by atoms with van der Waals surface area (Å²) in [6, 6.07) is 6.96. The minimum Gasteiger partial charge on any atom is -0.392 e. The number of imidazole rings is 1. The molecule has 0 aliphatic heterocycles. The molecule has 0 saturated carbocycles. The van der Waals surface area contributed by atoms with Crippen LogP contribution in [0.1, 0.15) is 5.56 Å². The summed E-state index contributed by atoms with van der Waals surface area (Å²) in [6.45, 7) is 8.41. The molecule has 0 spiro atoms. The Hall–Kier alpha value is -1.17. The molecule has 1 heterocycles. The highest BCUT2D eigenvalue weighted by atomic mass is 28.3. The Morgan fingerprint density at radius 2 is 2.11 bits per heavy atom. The van der Waals surface area contributed by atoms with Crippen LogP contribution in [0, 0.1) is 0 Å². The number of hydrogen-bond acceptors (Lipinski definition) is 3. The maximum absolute atomic E-state index is 9.17. The Morgan fingerprint density at radius 3 is 2.79 bits per heavy atom. The van der Waals surface area contributed by atoms with Gasteiger partial charge in [-0.3, -0.25) is 0 Å². The third kappa shape index (κ3) is 3.89. The summed E-state index contributed by atoms with van der Waals surface area (Å²) in [6.07, 6.45) is 1.79. The van der Waals surface area contributed by atoms with E-state index in [1.165, 1.54) is 6.04 Å². The summed E-state index contributed by atoms with van der Waals surface area (Å²) in [7, 11) is -1.03. The summed E-state index contributed by atoms with van der Waals surface area (Å²) >= 11 is 0. The number of benzene rings is 1. The fourth-order valence-corrected chi connectivity index (χ4v) is 2.60. The first-order valence-electron chi connectivity index (χ1n) is 6.62. The quantitative estimate of drug-likeness (QED) is 0.653. The number of hydrogen-bond donors (Lipinski definition) is 1. The summed E-state index contributed by atoms with van der Waals surface area (Å²) in [5, 5.41) is 9.17. The summed E-state index contributed by atoms with van der Waals surface area (Å²) < 4.78 is 7.72. The number of fused-ring (bicyclic) bond motifs is 1. The third-order valence-corrected chi connectivity index (χ3v) is 4.80. The Balaban J connectivity index is 2.00. The average molecular weight is 278 g/mol. The predicted octanol–water partition coefficient (Wildman–Crippen LogP) is 2.84. The summed E-state index contributed by atoms with van der Waals surface area (Å²) in [5.74, 6) is 0. The van der Waals surface area contributed by atoms with Crippen LogP contribution in [0.15, 0.2) is 24.5 Å². The van der Waals surface area contributed by atoms with Crippen molar-refractivity contribution in [3.05, 3.63) is 30.1 Å². The number of aliphatic hydroxyl groups is 1. The molecule has 19 heavy (non-hydrogen) atoms. The molecular weight excluding hydrogens is 256 g/mol. The number of nitrogens with zero attached hydrogens (tertiary/aromatic N) is 2. The van der Waals surface area contributed by atoms with Gasteiger partial charge in [0.1, 0.15) is 6.73 Å². The van der Waals surface area contributed by atoms with Gasteiger partial charge in [-0.25, -0.2) is 4.98 Å². The van der Waals surface area contributed by atoms with Crippen LogP contribution in [-0.4, -0.2) is 29.3 Å². The van der Waals surface area contributed by atoms with Gasteiger partial charge in [-0.15, -0.1) is 0 Å². The van der Waals surface area contributed by atoms with Crippen LogP contribution in [0.5, 0.6) is 0 Å². The molecule has 0 saturated heterocycles.